The van der Waals surface area contributed by atoms with Crippen LogP contribution in [0, 0.1) is 18.2 Å². The number of hydrogen-bond acceptors (Lipinski definition) is 4. The minimum Gasteiger partial charge on any atom is -0.494 e. The molecule has 3 heterocycles. The highest BCUT2D eigenvalue weighted by Crippen LogP contribution is 2.38. The molecule has 1 unspecified atom stereocenters. The van der Waals surface area contributed by atoms with Crippen LogP contribution in [0.5, 0.6) is 5.75 Å². The lowest BCUT2D eigenvalue weighted by atomic mass is 9.93. The average molecular weight is 659 g/mol. The lowest BCUT2D eigenvalue weighted by Gasteiger charge is -2.34. The molecule has 8 heteroatoms. The molecule has 0 saturated carbocycles. The Bertz CT molecular complexity index is 1610. The molecule has 0 spiro atoms. The first-order valence-corrected chi connectivity index (χ1v) is 16.9. The van der Waals surface area contributed by atoms with Crippen LogP contribution in [0.1, 0.15) is 62.0 Å². The van der Waals surface area contributed by atoms with Gasteiger partial charge in [-0.3, -0.25) is 14.6 Å². The third kappa shape index (κ3) is 10.1. The monoisotopic (exact) mass is 658 g/mol. The highest BCUT2D eigenvalue weighted by atomic mass is 35.5. The summed E-state index contributed by atoms with van der Waals surface area (Å²) in [6, 6.07) is 21.5. The first kappa shape index (κ1) is 36.0. The van der Waals surface area contributed by atoms with Gasteiger partial charge in [-0.1, -0.05) is 49.2 Å². The van der Waals surface area contributed by atoms with Crippen molar-refractivity contribution in [2.45, 2.75) is 52.5 Å². The van der Waals surface area contributed by atoms with Gasteiger partial charge in [-0.25, -0.2) is 4.39 Å². The van der Waals surface area contributed by atoms with Crippen molar-refractivity contribution in [1.29, 1.82) is 0 Å². The van der Waals surface area contributed by atoms with Gasteiger partial charge in [-0.2, -0.15) is 0 Å². The van der Waals surface area contributed by atoms with Gasteiger partial charge in [0.2, 0.25) is 5.91 Å². The van der Waals surface area contributed by atoms with Crippen molar-refractivity contribution < 1.29 is 13.9 Å². The number of fused-ring (bicyclic) bond motifs is 3. The van der Waals surface area contributed by atoms with E-state index < -0.39 is 0 Å². The number of aromatic nitrogens is 1. The molecule has 2 aliphatic rings. The number of aryl methyl sites for hydroxylation is 1. The number of amides is 1. The molecule has 4 aromatic rings. The van der Waals surface area contributed by atoms with E-state index in [2.05, 4.69) is 77.5 Å². The van der Waals surface area contributed by atoms with Gasteiger partial charge < -0.3 is 14.6 Å². The number of carbonyl (C=O) groups excluding carboxylic acids is 1. The zero-order valence-corrected chi connectivity index (χ0v) is 29.0. The van der Waals surface area contributed by atoms with Crippen LogP contribution in [0.2, 0.25) is 5.02 Å². The Morgan fingerprint density at radius 1 is 1.04 bits per heavy atom. The Morgan fingerprint density at radius 3 is 2.36 bits per heavy atom. The van der Waals surface area contributed by atoms with Crippen LogP contribution in [-0.4, -0.2) is 78.5 Å². The average Bonchev–Trinajstić information content (AvgIpc) is 3.43. The van der Waals surface area contributed by atoms with E-state index in [-0.39, 0.29) is 17.8 Å². The van der Waals surface area contributed by atoms with Crippen LogP contribution in [0.15, 0.2) is 66.7 Å². The van der Waals surface area contributed by atoms with Crippen molar-refractivity contribution >= 4 is 28.4 Å². The number of nitrogens with one attached hydrogen (secondary N) is 1. The Morgan fingerprint density at radius 2 is 1.72 bits per heavy atom. The van der Waals surface area contributed by atoms with Crippen molar-refractivity contribution in [2.24, 2.45) is 0 Å². The number of likely N-dealkylation sites (N-methyl/N-ethyl adjacent to an activating group) is 1. The fourth-order valence-electron chi connectivity index (χ4n) is 6.25. The molecule has 0 aliphatic carbocycles. The van der Waals surface area contributed by atoms with Crippen LogP contribution >= 0.6 is 11.6 Å². The summed E-state index contributed by atoms with van der Waals surface area (Å²) in [5.41, 5.74) is 6.27. The Labute approximate surface area is 284 Å². The molecular weight excluding hydrogens is 611 g/mol. The molecule has 2 aliphatic heterocycles. The van der Waals surface area contributed by atoms with E-state index in [1.807, 2.05) is 23.1 Å². The summed E-state index contributed by atoms with van der Waals surface area (Å²) in [5, 5.41) is 2.02. The zero-order valence-electron chi connectivity index (χ0n) is 28.2. The predicted molar refractivity (Wildman–Crippen MR) is 192 cm³/mol. The number of nitrogens with zero attached hydrogens (tertiary/aromatic N) is 3. The second-order valence-corrected chi connectivity index (χ2v) is 12.6. The normalized spacial score (nSPS) is 16.3. The molecule has 6 rings (SSSR count). The Kier molecular flexibility index (Phi) is 13.7. The second-order valence-electron chi connectivity index (χ2n) is 12.1. The molecule has 1 amide bonds. The highest BCUT2D eigenvalue weighted by Gasteiger charge is 2.29. The number of halogens is 2. The summed E-state index contributed by atoms with van der Waals surface area (Å²) >= 11 is 6.28. The third-order valence-electron chi connectivity index (χ3n) is 8.68. The van der Waals surface area contributed by atoms with Gasteiger partial charge in [-0.05, 0) is 92.4 Å². The highest BCUT2D eigenvalue weighted by molar-refractivity contribution is 6.31. The maximum atomic E-state index is 12.3. The van der Waals surface area contributed by atoms with Gasteiger partial charge in [-0.15, -0.1) is 12.3 Å². The van der Waals surface area contributed by atoms with Crippen molar-refractivity contribution in [1.82, 2.24) is 19.7 Å². The minimum absolute atomic E-state index is 0.153. The third-order valence-corrected chi connectivity index (χ3v) is 8.92. The van der Waals surface area contributed by atoms with Gasteiger partial charge in [0.05, 0.1) is 12.6 Å². The van der Waals surface area contributed by atoms with E-state index in [4.69, 9.17) is 16.3 Å². The number of hydrogen-bond donors (Lipinski definition) is 1. The van der Waals surface area contributed by atoms with Gasteiger partial charge in [0.1, 0.15) is 11.6 Å². The van der Waals surface area contributed by atoms with Gasteiger partial charge in [0, 0.05) is 67.8 Å². The maximum absolute atomic E-state index is 12.3. The number of aromatic amines is 1. The Hall–Kier alpha value is -3.83. The first-order chi connectivity index (χ1) is 22.7. The first-order valence-electron chi connectivity index (χ1n) is 16.6. The predicted octanol–water partition coefficient (Wildman–Crippen LogP) is 7.75. The van der Waals surface area contributed by atoms with E-state index in [9.17, 15) is 9.18 Å². The maximum Gasteiger partial charge on any atom is 0.219 e. The fourth-order valence-corrected chi connectivity index (χ4v) is 6.43. The summed E-state index contributed by atoms with van der Waals surface area (Å²) in [5.74, 6) is 3.18. The number of benzene rings is 3. The number of carbonyl (C=O) groups is 1. The number of ether oxygens (including phenoxy) is 1. The van der Waals surface area contributed by atoms with Crippen LogP contribution in [0.3, 0.4) is 0 Å². The van der Waals surface area contributed by atoms with E-state index in [0.29, 0.717) is 6.61 Å². The number of H-pyrrole nitrogens is 1. The minimum atomic E-state index is -0.153. The SMILES string of the molecule is C#CC.CC(=O)N1CCN(CCCOc2ccc(C3c4[nH]c5ccc(Cl)cc5c4CCN3C)cc2)CC1.CCCc1ccc(F)cc1. The molecule has 47 heavy (non-hydrogen) atoms. The molecule has 1 atom stereocenters. The lowest BCUT2D eigenvalue weighted by Crippen LogP contribution is -2.48. The van der Waals surface area contributed by atoms with E-state index in [0.717, 1.165) is 81.2 Å². The van der Waals surface area contributed by atoms with Gasteiger partial charge in [0.25, 0.3) is 0 Å². The van der Waals surface area contributed by atoms with Crippen LogP contribution in [-0.2, 0) is 17.6 Å². The number of terminal acetylenes is 1. The zero-order chi connectivity index (χ0) is 33.8. The van der Waals surface area contributed by atoms with E-state index in [1.54, 1.807) is 13.8 Å². The molecule has 0 bridgehead atoms. The lowest BCUT2D eigenvalue weighted by molar-refractivity contribution is -0.130. The van der Waals surface area contributed by atoms with Gasteiger partial charge >= 0.3 is 0 Å². The molecule has 1 aromatic heterocycles. The molecule has 1 saturated heterocycles. The van der Waals surface area contributed by atoms with Crippen molar-refractivity contribution in [3.63, 3.8) is 0 Å². The molecule has 250 valence electrons. The molecule has 1 N–H and O–H groups in total. The molecular formula is C39H48ClFN4O2. The number of rotatable bonds is 8. The largest absolute Gasteiger partial charge is 0.494 e. The second kappa shape index (κ2) is 17.9. The van der Waals surface area contributed by atoms with Crippen LogP contribution < -0.4 is 4.74 Å². The summed E-state index contributed by atoms with van der Waals surface area (Å²) in [6.07, 6.45) is 8.76. The quantitative estimate of drug-likeness (QED) is 0.155. The molecule has 1 fully saturated rings. The van der Waals surface area contributed by atoms with Crippen molar-refractivity contribution in [2.75, 3.05) is 52.9 Å². The van der Waals surface area contributed by atoms with Crippen molar-refractivity contribution in [3.8, 4) is 18.1 Å². The summed E-state index contributed by atoms with van der Waals surface area (Å²) in [7, 11) is 2.19. The molecule has 3 aromatic carbocycles. The summed E-state index contributed by atoms with van der Waals surface area (Å²) in [4.78, 5) is 21.9. The molecule has 0 radical (unpaired) electrons. The van der Waals surface area contributed by atoms with Crippen LogP contribution in [0.25, 0.3) is 10.9 Å². The van der Waals surface area contributed by atoms with Crippen molar-refractivity contribution in [3.05, 3.63) is 100.0 Å². The Balaban J connectivity index is 0.000000324. The van der Waals surface area contributed by atoms with E-state index >= 15 is 0 Å². The van der Waals surface area contributed by atoms with E-state index in [1.165, 1.54) is 39.9 Å². The summed E-state index contributed by atoms with van der Waals surface area (Å²) < 4.78 is 18.4. The van der Waals surface area contributed by atoms with Crippen LogP contribution in [0.4, 0.5) is 4.39 Å². The number of piperazine rings is 1. The summed E-state index contributed by atoms with van der Waals surface area (Å²) in [6.45, 7) is 11.7. The van der Waals surface area contributed by atoms with Gasteiger partial charge in [0.15, 0.2) is 0 Å². The molecule has 6 nitrogen and oxygen atoms in total. The topological polar surface area (TPSA) is 51.8 Å². The standard InChI is InChI=1S/C27H33ClN4O2.C9H11F.C3H4/c1-19(33)32-15-13-31(14-16-32)11-3-17-34-22-7-4-20(5-8-22)27-26-23(10-12-30(27)2)24-18-21(28)6-9-25(24)29-26;1-2-3-8-4-6-9(10)7-5-8;1-3-2/h4-9,18,27,29H,3,10-17H2,1-2H3;4-7H,2-3H2,1H3;1H,2H3. The fraction of sp³-hybridized carbons (Fsp3) is 0.410. The smallest absolute Gasteiger partial charge is 0.219 e.